The van der Waals surface area contributed by atoms with Gasteiger partial charge in [0.2, 0.25) is 11.8 Å². The Morgan fingerprint density at radius 2 is 1.86 bits per heavy atom. The standard InChI is InChI=1S/C21H29N3O5/c1-13(2)17(24-21(28)29-12-14-7-4-3-5-8-14)20(27)23-18(19(22)26)15-9-6-10-16(25)11-15/h3-5,7-8,13,15,17-18H,6,9-12H2,1-2H3,(H2,22,26)(H,23,27)(H,24,28)/t15-,17+,18+/m1/s1. The summed E-state index contributed by atoms with van der Waals surface area (Å²) in [4.78, 5) is 48.5. The topological polar surface area (TPSA) is 128 Å². The number of nitrogens with one attached hydrogen (secondary N) is 2. The highest BCUT2D eigenvalue weighted by Crippen LogP contribution is 2.24. The molecule has 1 aliphatic carbocycles. The number of nitrogens with two attached hydrogens (primary N) is 1. The van der Waals surface area contributed by atoms with E-state index in [0.29, 0.717) is 19.3 Å². The Kier molecular flexibility index (Phi) is 8.18. The van der Waals surface area contributed by atoms with Crippen molar-refractivity contribution in [1.29, 1.82) is 0 Å². The van der Waals surface area contributed by atoms with Crippen LogP contribution in [-0.4, -0.2) is 35.8 Å². The van der Waals surface area contributed by atoms with Crippen LogP contribution in [0, 0.1) is 11.8 Å². The summed E-state index contributed by atoms with van der Waals surface area (Å²) in [6.07, 6.45) is 1.28. The molecule has 0 radical (unpaired) electrons. The second kappa shape index (κ2) is 10.6. The molecule has 0 heterocycles. The number of rotatable bonds is 8. The number of ether oxygens (including phenoxy) is 1. The molecule has 158 valence electrons. The van der Waals surface area contributed by atoms with Crippen molar-refractivity contribution in [3.05, 3.63) is 35.9 Å². The van der Waals surface area contributed by atoms with Gasteiger partial charge in [0.15, 0.2) is 0 Å². The van der Waals surface area contributed by atoms with Gasteiger partial charge in [-0.15, -0.1) is 0 Å². The van der Waals surface area contributed by atoms with E-state index in [1.807, 2.05) is 30.3 Å². The molecular formula is C21H29N3O5. The van der Waals surface area contributed by atoms with Gasteiger partial charge in [-0.2, -0.15) is 0 Å². The summed E-state index contributed by atoms with van der Waals surface area (Å²) in [5.74, 6) is -1.73. The molecule has 8 heteroatoms. The Bertz CT molecular complexity index is 735. The first-order chi connectivity index (χ1) is 13.8. The minimum Gasteiger partial charge on any atom is -0.445 e. The van der Waals surface area contributed by atoms with E-state index in [1.165, 1.54) is 0 Å². The third-order valence-electron chi connectivity index (χ3n) is 5.03. The smallest absolute Gasteiger partial charge is 0.408 e. The Morgan fingerprint density at radius 3 is 2.45 bits per heavy atom. The predicted octanol–water partition coefficient (Wildman–Crippen LogP) is 1.67. The summed E-state index contributed by atoms with van der Waals surface area (Å²) in [5.41, 5.74) is 6.30. The Hall–Kier alpha value is -2.90. The fourth-order valence-electron chi connectivity index (χ4n) is 3.43. The van der Waals surface area contributed by atoms with E-state index in [2.05, 4.69) is 10.6 Å². The van der Waals surface area contributed by atoms with Crippen LogP contribution in [0.5, 0.6) is 0 Å². The molecule has 1 aromatic carbocycles. The van der Waals surface area contributed by atoms with Crippen molar-refractivity contribution in [2.75, 3.05) is 0 Å². The zero-order chi connectivity index (χ0) is 21.4. The van der Waals surface area contributed by atoms with Crippen molar-refractivity contribution in [1.82, 2.24) is 10.6 Å². The van der Waals surface area contributed by atoms with Crippen LogP contribution in [0.4, 0.5) is 4.79 Å². The molecule has 0 aromatic heterocycles. The molecule has 1 aliphatic rings. The molecule has 0 bridgehead atoms. The summed E-state index contributed by atoms with van der Waals surface area (Å²) in [6, 6.07) is 7.32. The molecule has 4 N–H and O–H groups in total. The van der Waals surface area contributed by atoms with Crippen LogP contribution in [0.1, 0.15) is 45.1 Å². The molecule has 8 nitrogen and oxygen atoms in total. The number of carbonyl (C=O) groups excluding carboxylic acids is 4. The molecule has 0 aliphatic heterocycles. The van der Waals surface area contributed by atoms with Gasteiger partial charge in [0, 0.05) is 12.8 Å². The average molecular weight is 403 g/mol. The van der Waals surface area contributed by atoms with Crippen molar-refractivity contribution < 1.29 is 23.9 Å². The van der Waals surface area contributed by atoms with Crippen molar-refractivity contribution in [3.8, 4) is 0 Å². The van der Waals surface area contributed by atoms with Gasteiger partial charge in [-0.25, -0.2) is 4.79 Å². The lowest BCUT2D eigenvalue weighted by molar-refractivity contribution is -0.132. The fraction of sp³-hybridized carbons (Fsp3) is 0.524. The lowest BCUT2D eigenvalue weighted by Crippen LogP contribution is -2.57. The molecule has 2 rings (SSSR count). The second-order valence-electron chi connectivity index (χ2n) is 7.71. The minimum absolute atomic E-state index is 0.0600. The molecule has 0 saturated heterocycles. The maximum Gasteiger partial charge on any atom is 0.408 e. The number of hydrogen-bond acceptors (Lipinski definition) is 5. The monoisotopic (exact) mass is 403 g/mol. The zero-order valence-corrected chi connectivity index (χ0v) is 16.9. The van der Waals surface area contributed by atoms with Gasteiger partial charge in [0.25, 0.3) is 0 Å². The van der Waals surface area contributed by atoms with E-state index in [-0.39, 0.29) is 30.6 Å². The van der Waals surface area contributed by atoms with Gasteiger partial charge >= 0.3 is 6.09 Å². The highest BCUT2D eigenvalue weighted by Gasteiger charge is 2.34. The highest BCUT2D eigenvalue weighted by atomic mass is 16.5. The van der Waals surface area contributed by atoms with E-state index in [0.717, 1.165) is 5.56 Å². The molecule has 3 atom stereocenters. The predicted molar refractivity (Wildman–Crippen MR) is 106 cm³/mol. The second-order valence-corrected chi connectivity index (χ2v) is 7.71. The van der Waals surface area contributed by atoms with Crippen LogP contribution in [0.15, 0.2) is 30.3 Å². The van der Waals surface area contributed by atoms with Crippen molar-refractivity contribution in [2.45, 2.75) is 58.2 Å². The van der Waals surface area contributed by atoms with Crippen LogP contribution >= 0.6 is 0 Å². The number of primary amides is 1. The van der Waals surface area contributed by atoms with Gasteiger partial charge in [-0.1, -0.05) is 44.2 Å². The van der Waals surface area contributed by atoms with E-state index in [9.17, 15) is 19.2 Å². The normalized spacial score (nSPS) is 18.6. The third kappa shape index (κ3) is 6.89. The molecule has 1 saturated carbocycles. The van der Waals surface area contributed by atoms with Gasteiger partial charge in [-0.3, -0.25) is 14.4 Å². The number of amides is 3. The molecule has 29 heavy (non-hydrogen) atoms. The quantitative estimate of drug-likeness (QED) is 0.608. The number of hydrogen-bond donors (Lipinski definition) is 3. The number of carbonyl (C=O) groups is 4. The van der Waals surface area contributed by atoms with Crippen LogP contribution in [0.2, 0.25) is 0 Å². The lowest BCUT2D eigenvalue weighted by atomic mass is 9.82. The number of ketones is 1. The van der Waals surface area contributed by atoms with Gasteiger partial charge in [-0.05, 0) is 30.2 Å². The van der Waals surface area contributed by atoms with E-state index >= 15 is 0 Å². The number of benzene rings is 1. The highest BCUT2D eigenvalue weighted by molar-refractivity contribution is 5.91. The zero-order valence-electron chi connectivity index (χ0n) is 16.9. The summed E-state index contributed by atoms with van der Waals surface area (Å²) < 4.78 is 5.18. The minimum atomic E-state index is -0.949. The summed E-state index contributed by atoms with van der Waals surface area (Å²) in [6.45, 7) is 3.61. The SMILES string of the molecule is CC(C)[C@H](NC(=O)OCc1ccccc1)C(=O)N[C@H](C(N)=O)[C@@H]1CCCC(=O)C1. The number of alkyl carbamates (subject to hydrolysis) is 1. The van der Waals surface area contributed by atoms with Crippen LogP contribution in [0.25, 0.3) is 0 Å². The largest absolute Gasteiger partial charge is 0.445 e. The van der Waals surface area contributed by atoms with Crippen LogP contribution in [0.3, 0.4) is 0 Å². The Morgan fingerprint density at radius 1 is 1.17 bits per heavy atom. The van der Waals surface area contributed by atoms with Gasteiger partial charge < -0.3 is 21.1 Å². The van der Waals surface area contributed by atoms with Crippen LogP contribution < -0.4 is 16.4 Å². The summed E-state index contributed by atoms with van der Waals surface area (Å²) >= 11 is 0. The van der Waals surface area contributed by atoms with E-state index in [1.54, 1.807) is 13.8 Å². The maximum absolute atomic E-state index is 12.8. The van der Waals surface area contributed by atoms with Crippen molar-refractivity contribution in [3.63, 3.8) is 0 Å². The Balaban J connectivity index is 1.96. The fourth-order valence-corrected chi connectivity index (χ4v) is 3.43. The summed E-state index contributed by atoms with van der Waals surface area (Å²) in [7, 11) is 0. The third-order valence-corrected chi connectivity index (χ3v) is 5.03. The number of Topliss-reactive ketones (excluding diaryl/α,β-unsaturated/α-hetero) is 1. The average Bonchev–Trinajstić information content (AvgIpc) is 2.68. The first-order valence-corrected chi connectivity index (χ1v) is 9.86. The molecule has 1 fully saturated rings. The maximum atomic E-state index is 12.8. The van der Waals surface area contributed by atoms with Crippen LogP contribution in [-0.2, 0) is 25.7 Å². The van der Waals surface area contributed by atoms with E-state index in [4.69, 9.17) is 10.5 Å². The lowest BCUT2D eigenvalue weighted by Gasteiger charge is -2.30. The molecule has 0 spiro atoms. The summed E-state index contributed by atoms with van der Waals surface area (Å²) in [5, 5.41) is 5.18. The first kappa shape index (κ1) is 22.4. The first-order valence-electron chi connectivity index (χ1n) is 9.86. The molecule has 1 aromatic rings. The molecule has 0 unspecified atom stereocenters. The van der Waals surface area contributed by atoms with E-state index < -0.39 is 30.0 Å². The Labute approximate surface area is 170 Å². The van der Waals surface area contributed by atoms with Crippen molar-refractivity contribution in [2.24, 2.45) is 17.6 Å². The van der Waals surface area contributed by atoms with Gasteiger partial charge in [0.05, 0.1) is 0 Å². The van der Waals surface area contributed by atoms with Crippen molar-refractivity contribution >= 4 is 23.7 Å². The molecular weight excluding hydrogens is 374 g/mol. The molecule has 3 amide bonds. The van der Waals surface area contributed by atoms with Gasteiger partial charge in [0.1, 0.15) is 24.5 Å².